The molecule has 0 aliphatic heterocycles. The van der Waals surface area contributed by atoms with Crippen molar-refractivity contribution in [2.75, 3.05) is 11.3 Å². The predicted octanol–water partition coefficient (Wildman–Crippen LogP) is 3.32. The number of anilines is 1. The highest BCUT2D eigenvalue weighted by molar-refractivity contribution is 7.92. The van der Waals surface area contributed by atoms with Crippen LogP contribution in [0.3, 0.4) is 0 Å². The van der Waals surface area contributed by atoms with Crippen LogP contribution in [-0.4, -0.2) is 26.9 Å². The van der Waals surface area contributed by atoms with Crippen LogP contribution in [0, 0.1) is 12.8 Å². The van der Waals surface area contributed by atoms with Crippen molar-refractivity contribution < 1.29 is 13.2 Å². The van der Waals surface area contributed by atoms with E-state index in [2.05, 4.69) is 23.9 Å². The van der Waals surface area contributed by atoms with E-state index in [1.165, 1.54) is 24.3 Å². The lowest BCUT2D eigenvalue weighted by Gasteiger charge is -2.19. The van der Waals surface area contributed by atoms with Crippen molar-refractivity contribution in [3.8, 4) is 0 Å². The summed E-state index contributed by atoms with van der Waals surface area (Å²) in [5.41, 5.74) is 7.63. The van der Waals surface area contributed by atoms with E-state index in [0.29, 0.717) is 23.7 Å². The first kappa shape index (κ1) is 23.9. The van der Waals surface area contributed by atoms with E-state index >= 15 is 0 Å². The fourth-order valence-corrected chi connectivity index (χ4v) is 3.73. The van der Waals surface area contributed by atoms with Crippen LogP contribution in [0.15, 0.2) is 53.4 Å². The highest BCUT2D eigenvalue weighted by atomic mass is 35.5. The van der Waals surface area contributed by atoms with Gasteiger partial charge in [-0.05, 0) is 55.7 Å². The Kier molecular flexibility index (Phi) is 8.94. The monoisotopic (exact) mass is 425 g/mol. The topological polar surface area (TPSA) is 101 Å². The molecule has 6 nitrogen and oxygen atoms in total. The lowest BCUT2D eigenvalue weighted by atomic mass is 10.0. The predicted molar refractivity (Wildman–Crippen MR) is 115 cm³/mol. The second-order valence-corrected chi connectivity index (χ2v) is 8.71. The molecule has 0 fully saturated rings. The number of carbonyl (C=O) groups is 1. The third-order valence-corrected chi connectivity index (χ3v) is 5.50. The summed E-state index contributed by atoms with van der Waals surface area (Å²) in [6.07, 6.45) is 0.787. The summed E-state index contributed by atoms with van der Waals surface area (Å²) in [7, 11) is -3.71. The zero-order chi connectivity index (χ0) is 20.0. The highest BCUT2D eigenvalue weighted by Gasteiger charge is 2.17. The number of halogens is 1. The van der Waals surface area contributed by atoms with E-state index in [1.807, 2.05) is 19.1 Å². The maximum absolute atomic E-state index is 12.5. The van der Waals surface area contributed by atoms with Crippen LogP contribution in [0.2, 0.25) is 0 Å². The van der Waals surface area contributed by atoms with Gasteiger partial charge in [0.1, 0.15) is 0 Å². The van der Waals surface area contributed by atoms with Crippen LogP contribution >= 0.6 is 12.4 Å². The maximum atomic E-state index is 12.5. The number of carbonyl (C=O) groups excluding carboxylic acids is 1. The van der Waals surface area contributed by atoms with Gasteiger partial charge in [-0.3, -0.25) is 9.52 Å². The van der Waals surface area contributed by atoms with Crippen molar-refractivity contribution >= 4 is 34.0 Å². The summed E-state index contributed by atoms with van der Waals surface area (Å²) in [4.78, 5) is 12.4. The van der Waals surface area contributed by atoms with Gasteiger partial charge in [-0.1, -0.05) is 31.5 Å². The molecule has 2 aromatic rings. The Labute approximate surface area is 173 Å². The summed E-state index contributed by atoms with van der Waals surface area (Å²) in [6.45, 7) is 6.42. The Morgan fingerprint density at radius 3 is 2.11 bits per heavy atom. The van der Waals surface area contributed by atoms with Gasteiger partial charge in [-0.2, -0.15) is 0 Å². The van der Waals surface area contributed by atoms with Crippen molar-refractivity contribution in [3.63, 3.8) is 0 Å². The van der Waals surface area contributed by atoms with E-state index in [-0.39, 0.29) is 29.3 Å². The molecule has 0 saturated heterocycles. The SMILES string of the molecule is Cc1ccc(NS(=O)(=O)c2ccc(C(=O)NC(CN)CC(C)C)cc2)cc1.Cl. The second kappa shape index (κ2) is 10.5. The Hall–Kier alpha value is -2.09. The molecule has 0 radical (unpaired) electrons. The number of rotatable bonds is 8. The first-order chi connectivity index (χ1) is 12.7. The zero-order valence-corrected chi connectivity index (χ0v) is 17.9. The number of sulfonamides is 1. The molecule has 0 aliphatic carbocycles. The van der Waals surface area contributed by atoms with E-state index in [0.717, 1.165) is 12.0 Å². The molecule has 154 valence electrons. The number of benzene rings is 2. The van der Waals surface area contributed by atoms with Gasteiger partial charge >= 0.3 is 0 Å². The molecule has 28 heavy (non-hydrogen) atoms. The lowest BCUT2D eigenvalue weighted by Crippen LogP contribution is -2.41. The summed E-state index contributed by atoms with van der Waals surface area (Å²) in [6, 6.07) is 12.8. The maximum Gasteiger partial charge on any atom is 0.261 e. The molecule has 0 aromatic heterocycles. The average molecular weight is 426 g/mol. The summed E-state index contributed by atoms with van der Waals surface area (Å²) < 4.78 is 27.5. The smallest absolute Gasteiger partial charge is 0.261 e. The molecule has 0 saturated carbocycles. The standard InChI is InChI=1S/C20H27N3O3S.ClH/c1-14(2)12-18(13-21)22-20(24)16-6-10-19(11-7-16)27(25,26)23-17-8-4-15(3)5-9-17;/h4-11,14,18,23H,12-13,21H2,1-3H3,(H,22,24);1H. The van der Waals surface area contributed by atoms with Gasteiger partial charge in [0.05, 0.1) is 4.90 Å². The van der Waals surface area contributed by atoms with E-state index in [4.69, 9.17) is 5.73 Å². The highest BCUT2D eigenvalue weighted by Crippen LogP contribution is 2.17. The minimum Gasteiger partial charge on any atom is -0.348 e. The van der Waals surface area contributed by atoms with Gasteiger partial charge in [0.15, 0.2) is 0 Å². The van der Waals surface area contributed by atoms with Gasteiger partial charge in [0, 0.05) is 23.8 Å². The second-order valence-electron chi connectivity index (χ2n) is 7.03. The molecular weight excluding hydrogens is 398 g/mol. The van der Waals surface area contributed by atoms with E-state index in [9.17, 15) is 13.2 Å². The Morgan fingerprint density at radius 1 is 1.04 bits per heavy atom. The van der Waals surface area contributed by atoms with Gasteiger partial charge in [0.2, 0.25) is 0 Å². The third kappa shape index (κ3) is 6.82. The fraction of sp³-hybridized carbons (Fsp3) is 0.350. The van der Waals surface area contributed by atoms with Gasteiger partial charge in [-0.15, -0.1) is 12.4 Å². The molecule has 2 rings (SSSR count). The molecule has 0 spiro atoms. The molecule has 4 N–H and O–H groups in total. The van der Waals surface area contributed by atoms with Crippen LogP contribution in [0.1, 0.15) is 36.2 Å². The van der Waals surface area contributed by atoms with Crippen molar-refractivity contribution in [2.45, 2.75) is 38.1 Å². The number of nitrogens with one attached hydrogen (secondary N) is 2. The first-order valence-electron chi connectivity index (χ1n) is 8.91. The molecule has 0 bridgehead atoms. The molecule has 0 heterocycles. The van der Waals surface area contributed by atoms with Crippen LogP contribution in [0.25, 0.3) is 0 Å². The van der Waals surface area contributed by atoms with E-state index < -0.39 is 10.0 Å². The number of hydrogen-bond donors (Lipinski definition) is 3. The normalized spacial score (nSPS) is 12.2. The fourth-order valence-electron chi connectivity index (χ4n) is 2.67. The molecule has 1 atom stereocenters. The summed E-state index contributed by atoms with van der Waals surface area (Å²) >= 11 is 0. The van der Waals surface area contributed by atoms with Crippen LogP contribution < -0.4 is 15.8 Å². The Bertz CT molecular complexity index is 867. The van der Waals surface area contributed by atoms with Crippen molar-refractivity contribution in [3.05, 3.63) is 59.7 Å². The van der Waals surface area contributed by atoms with Gasteiger partial charge < -0.3 is 11.1 Å². The largest absolute Gasteiger partial charge is 0.348 e. The van der Waals surface area contributed by atoms with Crippen molar-refractivity contribution in [2.24, 2.45) is 11.7 Å². The number of hydrogen-bond acceptors (Lipinski definition) is 4. The molecular formula is C20H28ClN3O3S. The minimum atomic E-state index is -3.71. The molecule has 2 aromatic carbocycles. The summed E-state index contributed by atoms with van der Waals surface area (Å²) in [5, 5.41) is 2.89. The minimum absolute atomic E-state index is 0. The summed E-state index contributed by atoms with van der Waals surface area (Å²) in [5.74, 6) is 0.153. The molecule has 0 aliphatic rings. The molecule has 1 unspecified atom stereocenters. The average Bonchev–Trinajstić information content (AvgIpc) is 2.62. The van der Waals surface area contributed by atoms with Crippen molar-refractivity contribution in [1.29, 1.82) is 0 Å². The van der Waals surface area contributed by atoms with Crippen molar-refractivity contribution in [1.82, 2.24) is 5.32 Å². The van der Waals surface area contributed by atoms with Crippen LogP contribution in [0.5, 0.6) is 0 Å². The number of amides is 1. The zero-order valence-electron chi connectivity index (χ0n) is 16.3. The van der Waals surface area contributed by atoms with Gasteiger partial charge in [-0.25, -0.2) is 8.42 Å². The lowest BCUT2D eigenvalue weighted by molar-refractivity contribution is 0.0933. The Balaban J connectivity index is 0.00000392. The van der Waals surface area contributed by atoms with Gasteiger partial charge in [0.25, 0.3) is 15.9 Å². The molecule has 8 heteroatoms. The van der Waals surface area contributed by atoms with E-state index in [1.54, 1.807) is 12.1 Å². The first-order valence-corrected chi connectivity index (χ1v) is 10.4. The van der Waals surface area contributed by atoms with Crippen LogP contribution in [0.4, 0.5) is 5.69 Å². The quantitative estimate of drug-likeness (QED) is 0.603. The third-order valence-electron chi connectivity index (χ3n) is 4.11. The number of aryl methyl sites for hydroxylation is 1. The number of nitrogens with two attached hydrogens (primary N) is 1. The Morgan fingerprint density at radius 2 is 1.61 bits per heavy atom. The van der Waals surface area contributed by atoms with Crippen LogP contribution in [-0.2, 0) is 10.0 Å². The molecule has 1 amide bonds.